The number of aliphatic hydroxyl groups excluding tert-OH is 1. The highest BCUT2D eigenvalue weighted by Gasteiger charge is 2.14. The van der Waals surface area contributed by atoms with Crippen molar-refractivity contribution >= 4 is 5.91 Å². The fourth-order valence-corrected chi connectivity index (χ4v) is 2.23. The van der Waals surface area contributed by atoms with Crippen LogP contribution in [0.2, 0.25) is 0 Å². The molecule has 2 aromatic rings. The fraction of sp³-hybridized carbons (Fsp3) is 0.353. The van der Waals surface area contributed by atoms with Crippen molar-refractivity contribution in [2.75, 3.05) is 6.61 Å². The van der Waals surface area contributed by atoms with Gasteiger partial charge >= 0.3 is 0 Å². The van der Waals surface area contributed by atoms with Crippen LogP contribution in [0, 0.1) is 0 Å². The second kappa shape index (κ2) is 8.24. The third kappa shape index (κ3) is 4.75. The average molecular weight is 315 g/mol. The molecule has 2 N–H and O–H groups in total. The Morgan fingerprint density at radius 3 is 2.65 bits per heavy atom. The highest BCUT2D eigenvalue weighted by molar-refractivity contribution is 5.92. The smallest absolute Gasteiger partial charge is 0.271 e. The van der Waals surface area contributed by atoms with E-state index in [4.69, 9.17) is 5.11 Å². The van der Waals surface area contributed by atoms with E-state index in [2.05, 4.69) is 10.4 Å². The summed E-state index contributed by atoms with van der Waals surface area (Å²) in [7, 11) is 0. The number of nitrogens with zero attached hydrogens (tertiary/aromatic N) is 2. The molecule has 2 rings (SSSR count). The normalized spacial score (nSPS) is 11.9. The molecule has 1 amide bonds. The first kappa shape index (κ1) is 16.9. The van der Waals surface area contributed by atoms with Crippen LogP contribution in [0.3, 0.4) is 0 Å². The number of carbonyl (C=O) groups is 1. The molecular weight excluding hydrogens is 294 g/mol. The molecule has 1 unspecified atom stereocenters. The van der Waals surface area contributed by atoms with E-state index < -0.39 is 0 Å². The van der Waals surface area contributed by atoms with Gasteiger partial charge < -0.3 is 10.4 Å². The summed E-state index contributed by atoms with van der Waals surface area (Å²) < 4.78 is 1.28. The highest BCUT2D eigenvalue weighted by atomic mass is 16.3. The maximum absolute atomic E-state index is 12.2. The summed E-state index contributed by atoms with van der Waals surface area (Å²) in [5, 5.41) is 15.9. The van der Waals surface area contributed by atoms with Crippen molar-refractivity contribution in [3.63, 3.8) is 0 Å². The molecule has 0 aliphatic heterocycles. The molecule has 0 aliphatic carbocycles. The van der Waals surface area contributed by atoms with Gasteiger partial charge in [0.05, 0.1) is 6.54 Å². The molecule has 0 spiro atoms. The largest absolute Gasteiger partial charge is 0.396 e. The van der Waals surface area contributed by atoms with E-state index in [1.54, 1.807) is 0 Å². The number of nitrogens with one attached hydrogen (secondary N) is 1. The molecule has 6 nitrogen and oxygen atoms in total. The number of rotatable bonds is 7. The van der Waals surface area contributed by atoms with E-state index in [0.717, 1.165) is 12.0 Å². The number of aromatic nitrogens is 2. The van der Waals surface area contributed by atoms with Gasteiger partial charge in [0.1, 0.15) is 5.69 Å². The number of hydrogen-bond acceptors (Lipinski definition) is 4. The Labute approximate surface area is 134 Å². The lowest BCUT2D eigenvalue weighted by molar-refractivity contribution is 0.0921. The van der Waals surface area contributed by atoms with Crippen LogP contribution in [0.25, 0.3) is 0 Å². The van der Waals surface area contributed by atoms with Crippen LogP contribution in [0.1, 0.15) is 35.8 Å². The molecule has 0 saturated heterocycles. The van der Waals surface area contributed by atoms with Crippen molar-refractivity contribution in [1.29, 1.82) is 0 Å². The van der Waals surface area contributed by atoms with Gasteiger partial charge in [-0.05, 0) is 24.5 Å². The first-order valence-electron chi connectivity index (χ1n) is 7.68. The molecule has 0 saturated carbocycles. The Balaban J connectivity index is 2.16. The minimum Gasteiger partial charge on any atom is -0.396 e. The van der Waals surface area contributed by atoms with Gasteiger partial charge in [0.15, 0.2) is 0 Å². The van der Waals surface area contributed by atoms with Crippen molar-refractivity contribution in [2.24, 2.45) is 0 Å². The van der Waals surface area contributed by atoms with Crippen molar-refractivity contribution in [3.05, 3.63) is 64.1 Å². The maximum atomic E-state index is 12.2. The highest BCUT2D eigenvalue weighted by Crippen LogP contribution is 2.02. The SMILES string of the molecule is CCC(CCO)NC(=O)c1ccc(=O)n(Cc2ccccc2)n1. The summed E-state index contributed by atoms with van der Waals surface area (Å²) in [6.45, 7) is 2.26. The second-order valence-electron chi connectivity index (χ2n) is 5.29. The summed E-state index contributed by atoms with van der Waals surface area (Å²) in [6, 6.07) is 12.1. The number of hydrogen-bond donors (Lipinski definition) is 2. The van der Waals surface area contributed by atoms with Crippen molar-refractivity contribution in [1.82, 2.24) is 15.1 Å². The summed E-state index contributed by atoms with van der Waals surface area (Å²) in [4.78, 5) is 24.1. The molecule has 0 bridgehead atoms. The summed E-state index contributed by atoms with van der Waals surface area (Å²) in [6.07, 6.45) is 1.21. The predicted molar refractivity (Wildman–Crippen MR) is 87.3 cm³/mol. The second-order valence-corrected chi connectivity index (χ2v) is 5.29. The molecule has 1 aromatic carbocycles. The minimum absolute atomic E-state index is 0.0136. The van der Waals surface area contributed by atoms with Crippen molar-refractivity contribution in [2.45, 2.75) is 32.4 Å². The lowest BCUT2D eigenvalue weighted by Gasteiger charge is -2.15. The van der Waals surface area contributed by atoms with Crippen LogP contribution in [0.15, 0.2) is 47.3 Å². The number of carbonyl (C=O) groups excluding carboxylic acids is 1. The molecule has 6 heteroatoms. The minimum atomic E-state index is -0.341. The molecule has 0 aliphatic rings. The van der Waals surface area contributed by atoms with Gasteiger partial charge in [-0.15, -0.1) is 0 Å². The van der Waals surface area contributed by atoms with E-state index in [9.17, 15) is 9.59 Å². The van der Waals surface area contributed by atoms with Gasteiger partial charge in [-0.3, -0.25) is 9.59 Å². The van der Waals surface area contributed by atoms with Crippen LogP contribution < -0.4 is 10.9 Å². The van der Waals surface area contributed by atoms with E-state index in [0.29, 0.717) is 13.0 Å². The third-order valence-corrected chi connectivity index (χ3v) is 3.58. The standard InChI is InChI=1S/C17H21N3O3/c1-2-14(10-11-21)18-17(23)15-8-9-16(22)20(19-15)12-13-6-4-3-5-7-13/h3-9,14,21H,2,10-12H2,1H3,(H,18,23). The molecule has 0 fully saturated rings. The monoisotopic (exact) mass is 315 g/mol. The zero-order chi connectivity index (χ0) is 16.7. The lowest BCUT2D eigenvalue weighted by Crippen LogP contribution is -2.37. The van der Waals surface area contributed by atoms with Crippen LogP contribution >= 0.6 is 0 Å². The van der Waals surface area contributed by atoms with Crippen LogP contribution in [0.5, 0.6) is 0 Å². The first-order valence-corrected chi connectivity index (χ1v) is 7.68. The summed E-state index contributed by atoms with van der Waals surface area (Å²) in [5.41, 5.74) is 0.871. The molecule has 0 radical (unpaired) electrons. The van der Waals surface area contributed by atoms with Crippen LogP contribution in [-0.2, 0) is 6.54 Å². The Morgan fingerprint density at radius 1 is 1.26 bits per heavy atom. The molecule has 1 atom stereocenters. The summed E-state index contributed by atoms with van der Waals surface area (Å²) >= 11 is 0. The van der Waals surface area contributed by atoms with E-state index in [1.165, 1.54) is 16.8 Å². The van der Waals surface area contributed by atoms with Gasteiger partial charge in [0.25, 0.3) is 11.5 Å². The lowest BCUT2D eigenvalue weighted by atomic mass is 10.1. The van der Waals surface area contributed by atoms with E-state index in [-0.39, 0.29) is 29.8 Å². The third-order valence-electron chi connectivity index (χ3n) is 3.58. The Bertz CT molecular complexity index is 698. The quantitative estimate of drug-likeness (QED) is 0.803. The fourth-order valence-electron chi connectivity index (χ4n) is 2.23. The van der Waals surface area contributed by atoms with Crippen molar-refractivity contribution < 1.29 is 9.90 Å². The van der Waals surface area contributed by atoms with Gasteiger partial charge in [-0.2, -0.15) is 5.10 Å². The van der Waals surface area contributed by atoms with Gasteiger partial charge in [-0.25, -0.2) is 4.68 Å². The van der Waals surface area contributed by atoms with E-state index >= 15 is 0 Å². The predicted octanol–water partition coefficient (Wildman–Crippen LogP) is 1.18. The van der Waals surface area contributed by atoms with E-state index in [1.807, 2.05) is 37.3 Å². The Morgan fingerprint density at radius 2 is 2.00 bits per heavy atom. The zero-order valence-corrected chi connectivity index (χ0v) is 13.1. The average Bonchev–Trinajstić information content (AvgIpc) is 2.57. The number of aliphatic hydroxyl groups is 1. The van der Waals surface area contributed by atoms with Crippen LogP contribution in [-0.4, -0.2) is 33.4 Å². The molecule has 122 valence electrons. The molecule has 1 heterocycles. The van der Waals surface area contributed by atoms with Crippen LogP contribution in [0.4, 0.5) is 0 Å². The molecular formula is C17H21N3O3. The van der Waals surface area contributed by atoms with Gasteiger partial charge in [-0.1, -0.05) is 37.3 Å². The number of amides is 1. The summed E-state index contributed by atoms with van der Waals surface area (Å²) in [5.74, 6) is -0.341. The zero-order valence-electron chi connectivity index (χ0n) is 13.1. The molecule has 1 aromatic heterocycles. The molecule has 23 heavy (non-hydrogen) atoms. The number of benzene rings is 1. The Hall–Kier alpha value is -2.47. The topological polar surface area (TPSA) is 84.2 Å². The first-order chi connectivity index (χ1) is 11.1. The van der Waals surface area contributed by atoms with Crippen molar-refractivity contribution in [3.8, 4) is 0 Å². The van der Waals surface area contributed by atoms with Gasteiger partial charge in [0.2, 0.25) is 0 Å². The van der Waals surface area contributed by atoms with Gasteiger partial charge in [0, 0.05) is 18.7 Å². The maximum Gasteiger partial charge on any atom is 0.271 e. The Kier molecular flexibility index (Phi) is 6.05.